The third-order valence-electron chi connectivity index (χ3n) is 5.58. The van der Waals surface area contributed by atoms with E-state index in [4.69, 9.17) is 0 Å². The molecule has 2 nitrogen and oxygen atoms in total. The van der Waals surface area contributed by atoms with Gasteiger partial charge in [0.2, 0.25) is 0 Å². The molecule has 112 valence electrons. The Morgan fingerprint density at radius 2 is 1.86 bits per heavy atom. The third-order valence-corrected chi connectivity index (χ3v) is 5.58. The first-order chi connectivity index (χ1) is 10.4. The van der Waals surface area contributed by atoms with Crippen LogP contribution in [0.5, 0.6) is 0 Å². The Bertz CT molecular complexity index is 511. The number of hydrogen-bond donors (Lipinski definition) is 1. The largest absolute Gasteiger partial charge is 0.316 e. The minimum atomic E-state index is 0.764. The van der Waals surface area contributed by atoms with Gasteiger partial charge in [-0.15, -0.1) is 0 Å². The Kier molecular flexibility index (Phi) is 3.83. The summed E-state index contributed by atoms with van der Waals surface area (Å²) in [6, 6.07) is 9.40. The predicted molar refractivity (Wildman–Crippen MR) is 88.3 cm³/mol. The summed E-state index contributed by atoms with van der Waals surface area (Å²) in [5.41, 5.74) is 4.54. The van der Waals surface area contributed by atoms with Crippen LogP contribution in [0.1, 0.15) is 30.4 Å². The van der Waals surface area contributed by atoms with E-state index >= 15 is 0 Å². The molecule has 2 saturated heterocycles. The normalized spacial score (nSPS) is 28.9. The molecule has 3 aliphatic rings. The van der Waals surface area contributed by atoms with Crippen molar-refractivity contribution in [1.29, 1.82) is 0 Å². The summed E-state index contributed by atoms with van der Waals surface area (Å²) < 4.78 is 0. The molecule has 21 heavy (non-hydrogen) atoms. The van der Waals surface area contributed by atoms with Gasteiger partial charge in [-0.25, -0.2) is 0 Å². The maximum atomic E-state index is 3.54. The van der Waals surface area contributed by atoms with Crippen LogP contribution in [0.2, 0.25) is 0 Å². The van der Waals surface area contributed by atoms with Crippen molar-refractivity contribution in [2.75, 3.05) is 32.7 Å². The second-order valence-electron chi connectivity index (χ2n) is 6.92. The standard InChI is InChI=1S/C19H26N2/c1-2-11-21(10-1)12-9-15-3-5-16(6-4-15)18-8-7-17-13-20-14-19(17)18/h3-6,8,17,19-20H,1-2,7,9-14H2. The highest BCUT2D eigenvalue weighted by Crippen LogP contribution is 2.40. The van der Waals surface area contributed by atoms with E-state index in [0.29, 0.717) is 0 Å². The number of rotatable bonds is 4. The Morgan fingerprint density at radius 1 is 1.05 bits per heavy atom. The molecule has 0 spiro atoms. The summed E-state index contributed by atoms with van der Waals surface area (Å²) >= 11 is 0. The number of likely N-dealkylation sites (tertiary alicyclic amines) is 1. The Balaban J connectivity index is 1.39. The van der Waals surface area contributed by atoms with Gasteiger partial charge in [0.1, 0.15) is 0 Å². The summed E-state index contributed by atoms with van der Waals surface area (Å²) in [7, 11) is 0. The maximum absolute atomic E-state index is 3.54. The average Bonchev–Trinajstić information content (AvgIpc) is 3.23. The van der Waals surface area contributed by atoms with E-state index in [1.165, 1.54) is 69.5 Å². The Hall–Kier alpha value is -1.12. The lowest BCUT2D eigenvalue weighted by atomic mass is 9.90. The zero-order valence-corrected chi connectivity index (χ0v) is 12.9. The van der Waals surface area contributed by atoms with Gasteiger partial charge in [0.25, 0.3) is 0 Å². The van der Waals surface area contributed by atoms with Gasteiger partial charge in [-0.1, -0.05) is 30.3 Å². The van der Waals surface area contributed by atoms with Gasteiger partial charge in [0.15, 0.2) is 0 Å². The molecule has 2 heteroatoms. The van der Waals surface area contributed by atoms with Gasteiger partial charge < -0.3 is 10.2 Å². The minimum absolute atomic E-state index is 0.764. The molecule has 1 aromatic rings. The van der Waals surface area contributed by atoms with Crippen molar-refractivity contribution in [1.82, 2.24) is 10.2 Å². The zero-order valence-electron chi connectivity index (χ0n) is 12.9. The molecule has 1 aromatic carbocycles. The number of nitrogens with one attached hydrogen (secondary N) is 1. The molecule has 0 aromatic heterocycles. The molecule has 1 aliphatic carbocycles. The van der Waals surface area contributed by atoms with Crippen molar-refractivity contribution in [3.05, 3.63) is 41.5 Å². The molecule has 2 fully saturated rings. The van der Waals surface area contributed by atoms with Crippen molar-refractivity contribution in [2.45, 2.75) is 25.7 Å². The van der Waals surface area contributed by atoms with Crippen LogP contribution in [0, 0.1) is 11.8 Å². The van der Waals surface area contributed by atoms with Crippen LogP contribution < -0.4 is 5.32 Å². The molecule has 2 unspecified atom stereocenters. The smallest absolute Gasteiger partial charge is 0.00236 e. The number of benzene rings is 1. The molecule has 0 bridgehead atoms. The second kappa shape index (κ2) is 5.94. The fourth-order valence-electron chi connectivity index (χ4n) is 4.26. The quantitative estimate of drug-likeness (QED) is 0.913. The lowest BCUT2D eigenvalue weighted by Gasteiger charge is -2.16. The first-order valence-corrected chi connectivity index (χ1v) is 8.62. The molecule has 2 atom stereocenters. The van der Waals surface area contributed by atoms with Crippen LogP contribution in [-0.4, -0.2) is 37.6 Å². The summed E-state index contributed by atoms with van der Waals surface area (Å²) in [5, 5.41) is 3.54. The number of fused-ring (bicyclic) bond motifs is 1. The minimum Gasteiger partial charge on any atom is -0.316 e. The van der Waals surface area contributed by atoms with Gasteiger partial charge in [0.05, 0.1) is 0 Å². The summed E-state index contributed by atoms with van der Waals surface area (Å²) in [6.45, 7) is 6.23. The van der Waals surface area contributed by atoms with Gasteiger partial charge in [-0.05, 0) is 67.9 Å². The Labute approximate surface area is 128 Å². The van der Waals surface area contributed by atoms with Crippen LogP contribution in [0.4, 0.5) is 0 Å². The monoisotopic (exact) mass is 282 g/mol. The average molecular weight is 282 g/mol. The van der Waals surface area contributed by atoms with Crippen LogP contribution in [0.3, 0.4) is 0 Å². The number of allylic oxidation sites excluding steroid dienone is 1. The molecule has 4 rings (SSSR count). The van der Waals surface area contributed by atoms with Crippen molar-refractivity contribution in [3.8, 4) is 0 Å². The molecule has 2 heterocycles. The highest BCUT2D eigenvalue weighted by molar-refractivity contribution is 5.70. The van der Waals surface area contributed by atoms with E-state index in [9.17, 15) is 0 Å². The van der Waals surface area contributed by atoms with Gasteiger partial charge >= 0.3 is 0 Å². The van der Waals surface area contributed by atoms with Crippen molar-refractivity contribution < 1.29 is 0 Å². The lowest BCUT2D eigenvalue weighted by Crippen LogP contribution is -2.21. The van der Waals surface area contributed by atoms with Gasteiger partial charge in [-0.2, -0.15) is 0 Å². The van der Waals surface area contributed by atoms with Crippen molar-refractivity contribution in [3.63, 3.8) is 0 Å². The van der Waals surface area contributed by atoms with Crippen molar-refractivity contribution >= 4 is 5.57 Å². The molecule has 2 aliphatic heterocycles. The fourth-order valence-corrected chi connectivity index (χ4v) is 4.26. The van der Waals surface area contributed by atoms with E-state index < -0.39 is 0 Å². The van der Waals surface area contributed by atoms with Gasteiger partial charge in [0, 0.05) is 19.0 Å². The van der Waals surface area contributed by atoms with Crippen molar-refractivity contribution in [2.24, 2.45) is 11.8 Å². The van der Waals surface area contributed by atoms with Crippen LogP contribution in [-0.2, 0) is 6.42 Å². The SMILES string of the molecule is C1=C(c2ccc(CCN3CCCC3)cc2)C2CNCC2C1. The molecule has 0 radical (unpaired) electrons. The lowest BCUT2D eigenvalue weighted by molar-refractivity contribution is 0.343. The summed E-state index contributed by atoms with van der Waals surface area (Å²) in [5.74, 6) is 1.62. The predicted octanol–water partition coefficient (Wildman–Crippen LogP) is 2.95. The molecule has 1 N–H and O–H groups in total. The Morgan fingerprint density at radius 3 is 2.67 bits per heavy atom. The van der Waals surface area contributed by atoms with E-state index in [2.05, 4.69) is 40.6 Å². The second-order valence-corrected chi connectivity index (χ2v) is 6.92. The van der Waals surface area contributed by atoms with Gasteiger partial charge in [-0.3, -0.25) is 0 Å². The van der Waals surface area contributed by atoms with E-state index in [0.717, 1.165) is 11.8 Å². The van der Waals surface area contributed by atoms with E-state index in [-0.39, 0.29) is 0 Å². The molecule has 0 amide bonds. The third kappa shape index (κ3) is 2.79. The highest BCUT2D eigenvalue weighted by Gasteiger charge is 2.33. The number of hydrogen-bond acceptors (Lipinski definition) is 2. The van der Waals surface area contributed by atoms with E-state index in [1.54, 1.807) is 5.57 Å². The van der Waals surface area contributed by atoms with Crippen LogP contribution >= 0.6 is 0 Å². The zero-order chi connectivity index (χ0) is 14.1. The fraction of sp³-hybridized carbons (Fsp3) is 0.579. The summed E-state index contributed by atoms with van der Waals surface area (Å²) in [4.78, 5) is 2.60. The summed E-state index contributed by atoms with van der Waals surface area (Å²) in [6.07, 6.45) is 7.74. The maximum Gasteiger partial charge on any atom is 0.00236 e. The molecular weight excluding hydrogens is 256 g/mol. The number of nitrogens with zero attached hydrogens (tertiary/aromatic N) is 1. The highest BCUT2D eigenvalue weighted by atomic mass is 15.1. The first-order valence-electron chi connectivity index (χ1n) is 8.62. The molecular formula is C19H26N2. The van der Waals surface area contributed by atoms with E-state index in [1.807, 2.05) is 0 Å². The van der Waals surface area contributed by atoms with Crippen LogP contribution in [0.25, 0.3) is 5.57 Å². The topological polar surface area (TPSA) is 15.3 Å². The first kappa shape index (κ1) is 13.5. The molecule has 0 saturated carbocycles. The van der Waals surface area contributed by atoms with Crippen LogP contribution in [0.15, 0.2) is 30.3 Å².